The monoisotopic (exact) mass is 452 g/mol. The zero-order chi connectivity index (χ0) is 22.7. The molecule has 3 aromatic rings. The zero-order valence-electron chi connectivity index (χ0n) is 17.9. The Morgan fingerprint density at radius 3 is 3.09 bits per heavy atom. The molecule has 3 N–H and O–H groups in total. The highest BCUT2D eigenvalue weighted by atomic mass is 32.2. The van der Waals surface area contributed by atoms with Crippen molar-refractivity contribution in [1.82, 2.24) is 34.8 Å². The van der Waals surface area contributed by atoms with E-state index < -0.39 is 0 Å². The maximum Gasteiger partial charge on any atom is 0.246 e. The number of hydrogen-bond donors (Lipinski definition) is 3. The quantitative estimate of drug-likeness (QED) is 0.364. The van der Waals surface area contributed by atoms with Crippen molar-refractivity contribution < 1.29 is 4.79 Å². The molecule has 166 valence electrons. The fraction of sp³-hybridized carbons (Fsp3) is 0.400. The number of hydrogen-bond acceptors (Lipinski definition) is 9. The fourth-order valence-corrected chi connectivity index (χ4v) is 4.22. The van der Waals surface area contributed by atoms with Gasteiger partial charge in [0.1, 0.15) is 17.4 Å². The van der Waals surface area contributed by atoms with Gasteiger partial charge in [-0.2, -0.15) is 25.4 Å². The second kappa shape index (κ2) is 9.27. The van der Waals surface area contributed by atoms with Crippen LogP contribution in [0.15, 0.2) is 30.1 Å². The van der Waals surface area contributed by atoms with Crippen LogP contribution >= 0.6 is 11.8 Å². The van der Waals surface area contributed by atoms with Crippen LogP contribution in [-0.2, 0) is 11.3 Å². The fourth-order valence-electron chi connectivity index (χ4n) is 3.69. The number of aromatic nitrogens is 6. The zero-order valence-corrected chi connectivity index (χ0v) is 18.7. The van der Waals surface area contributed by atoms with Crippen LogP contribution in [0.5, 0.6) is 0 Å². The molecule has 32 heavy (non-hydrogen) atoms. The van der Waals surface area contributed by atoms with Gasteiger partial charge in [-0.1, -0.05) is 13.5 Å². The van der Waals surface area contributed by atoms with Crippen LogP contribution < -0.4 is 10.6 Å². The normalized spacial score (nSPS) is 18.3. The molecule has 0 saturated carbocycles. The summed E-state index contributed by atoms with van der Waals surface area (Å²) in [6.07, 6.45) is 7.51. The number of aromatic amines is 1. The molecule has 0 bridgehead atoms. The number of nitrogens with one attached hydrogen (secondary N) is 3. The molecule has 4 heterocycles. The number of anilines is 3. The SMILES string of the molecule is C=CC(=O)N1CC[C@@H](C)[C@@H](Nc2nc(Nc3cnn(CC#N)c3)nc3[nH]nc(SC)c23)C1. The van der Waals surface area contributed by atoms with Gasteiger partial charge in [0.25, 0.3) is 0 Å². The summed E-state index contributed by atoms with van der Waals surface area (Å²) in [5.74, 6) is 1.29. The molecule has 4 rings (SSSR count). The maximum absolute atomic E-state index is 12.1. The molecular weight excluding hydrogens is 428 g/mol. The summed E-state index contributed by atoms with van der Waals surface area (Å²) < 4.78 is 1.52. The minimum Gasteiger partial charge on any atom is -0.364 e. The van der Waals surface area contributed by atoms with Gasteiger partial charge < -0.3 is 15.5 Å². The van der Waals surface area contributed by atoms with Crippen molar-refractivity contribution in [3.05, 3.63) is 25.0 Å². The molecule has 2 atom stereocenters. The van der Waals surface area contributed by atoms with Crippen LogP contribution in [0, 0.1) is 17.2 Å². The van der Waals surface area contributed by atoms with Crippen LogP contribution in [0.1, 0.15) is 13.3 Å². The lowest BCUT2D eigenvalue weighted by molar-refractivity contribution is -0.127. The second-order valence-corrected chi connectivity index (χ2v) is 8.36. The van der Waals surface area contributed by atoms with E-state index in [4.69, 9.17) is 10.2 Å². The summed E-state index contributed by atoms with van der Waals surface area (Å²) in [7, 11) is 0. The van der Waals surface area contributed by atoms with Crippen LogP contribution in [0.3, 0.4) is 0 Å². The van der Waals surface area contributed by atoms with Gasteiger partial charge in [-0.25, -0.2) is 0 Å². The number of piperidine rings is 1. The lowest BCUT2D eigenvalue weighted by Gasteiger charge is -2.37. The van der Waals surface area contributed by atoms with E-state index in [-0.39, 0.29) is 18.5 Å². The molecule has 11 nitrogen and oxygen atoms in total. The predicted molar refractivity (Wildman–Crippen MR) is 123 cm³/mol. The first-order valence-corrected chi connectivity index (χ1v) is 11.4. The molecule has 0 radical (unpaired) electrons. The van der Waals surface area contributed by atoms with Crippen molar-refractivity contribution in [2.24, 2.45) is 5.92 Å². The van der Waals surface area contributed by atoms with Gasteiger partial charge in [0, 0.05) is 25.3 Å². The molecule has 0 aromatic carbocycles. The van der Waals surface area contributed by atoms with Gasteiger partial charge in [-0.3, -0.25) is 14.6 Å². The van der Waals surface area contributed by atoms with Crippen LogP contribution in [0.2, 0.25) is 0 Å². The smallest absolute Gasteiger partial charge is 0.246 e. The van der Waals surface area contributed by atoms with E-state index in [0.717, 1.165) is 16.8 Å². The van der Waals surface area contributed by atoms with Crippen LogP contribution in [-0.4, -0.2) is 66.1 Å². The third-order valence-electron chi connectivity index (χ3n) is 5.47. The number of carbonyl (C=O) groups is 1. The van der Waals surface area contributed by atoms with Gasteiger partial charge in [0.05, 0.1) is 23.3 Å². The molecule has 12 heteroatoms. The van der Waals surface area contributed by atoms with Gasteiger partial charge in [0.2, 0.25) is 11.9 Å². The number of likely N-dealkylation sites (tertiary alicyclic amines) is 1. The maximum atomic E-state index is 12.1. The summed E-state index contributed by atoms with van der Waals surface area (Å²) in [6.45, 7) is 7.21. The van der Waals surface area contributed by atoms with Crippen LogP contribution in [0.4, 0.5) is 17.5 Å². The molecule has 0 aliphatic carbocycles. The van der Waals surface area contributed by atoms with E-state index >= 15 is 0 Å². The topological polar surface area (TPSA) is 140 Å². The average molecular weight is 453 g/mol. The Labute approximate surface area is 189 Å². The van der Waals surface area contributed by atoms with E-state index in [1.165, 1.54) is 22.5 Å². The highest BCUT2D eigenvalue weighted by Crippen LogP contribution is 2.32. The van der Waals surface area contributed by atoms with E-state index in [1.54, 1.807) is 17.3 Å². The number of carbonyl (C=O) groups excluding carboxylic acids is 1. The Balaban J connectivity index is 1.65. The molecule has 1 aliphatic heterocycles. The van der Waals surface area contributed by atoms with Crippen molar-refractivity contribution in [1.29, 1.82) is 5.26 Å². The largest absolute Gasteiger partial charge is 0.364 e. The summed E-state index contributed by atoms with van der Waals surface area (Å²) in [5, 5.41) is 28.6. The second-order valence-electron chi connectivity index (χ2n) is 7.57. The Kier molecular flexibility index (Phi) is 6.27. The Morgan fingerprint density at radius 1 is 1.50 bits per heavy atom. The number of thioether (sulfide) groups is 1. The summed E-state index contributed by atoms with van der Waals surface area (Å²) in [4.78, 5) is 23.2. The lowest BCUT2D eigenvalue weighted by Crippen LogP contribution is -2.48. The van der Waals surface area contributed by atoms with E-state index in [9.17, 15) is 4.79 Å². The minimum atomic E-state index is -0.0682. The highest BCUT2D eigenvalue weighted by molar-refractivity contribution is 7.98. The molecule has 0 unspecified atom stereocenters. The molecule has 1 fully saturated rings. The van der Waals surface area contributed by atoms with Crippen molar-refractivity contribution in [2.45, 2.75) is 31.0 Å². The number of H-pyrrole nitrogens is 1. The van der Waals surface area contributed by atoms with Crippen molar-refractivity contribution >= 4 is 46.2 Å². The molecule has 1 saturated heterocycles. The lowest BCUT2D eigenvalue weighted by atomic mass is 9.93. The van der Waals surface area contributed by atoms with Gasteiger partial charge in [0.15, 0.2) is 5.65 Å². The van der Waals surface area contributed by atoms with Crippen LogP contribution in [0.25, 0.3) is 11.0 Å². The minimum absolute atomic E-state index is 0.0154. The van der Waals surface area contributed by atoms with Crippen molar-refractivity contribution in [3.63, 3.8) is 0 Å². The standard InChI is InChI=1S/C20H24N10OS/c1-4-15(31)29-7-5-12(2)14(11-29)24-17-16-18(27-28-19(16)32-3)26-20(25-17)23-13-9-22-30(10-13)8-6-21/h4,9-10,12,14H,1,5,7-8,11H2,2-3H3,(H3,23,24,25,26,27,28)/t12-,14+/m1/s1. The first-order valence-electron chi connectivity index (χ1n) is 10.2. The third-order valence-corrected chi connectivity index (χ3v) is 6.15. The number of fused-ring (bicyclic) bond motifs is 1. The summed E-state index contributed by atoms with van der Waals surface area (Å²) in [6, 6.07) is 2.07. The molecule has 3 aromatic heterocycles. The first kappa shape index (κ1) is 21.6. The van der Waals surface area contributed by atoms with E-state index in [0.29, 0.717) is 42.1 Å². The molecule has 1 aliphatic rings. The molecule has 1 amide bonds. The Hall–Kier alpha value is -3.59. The first-order chi connectivity index (χ1) is 15.5. The summed E-state index contributed by atoms with van der Waals surface area (Å²) >= 11 is 1.51. The van der Waals surface area contributed by atoms with Crippen molar-refractivity contribution in [2.75, 3.05) is 30.0 Å². The van der Waals surface area contributed by atoms with Gasteiger partial charge >= 0.3 is 0 Å². The Bertz CT molecular complexity index is 1180. The third kappa shape index (κ3) is 4.38. The molecular formula is C20H24N10OS. The summed E-state index contributed by atoms with van der Waals surface area (Å²) in [5.41, 5.74) is 1.27. The number of amides is 1. The number of nitriles is 1. The Morgan fingerprint density at radius 2 is 2.34 bits per heavy atom. The predicted octanol–water partition coefficient (Wildman–Crippen LogP) is 2.37. The van der Waals surface area contributed by atoms with Gasteiger partial charge in [-0.15, -0.1) is 11.8 Å². The molecule has 0 spiro atoms. The number of rotatable bonds is 7. The number of nitrogens with zero attached hydrogens (tertiary/aromatic N) is 7. The van der Waals surface area contributed by atoms with Gasteiger partial charge in [-0.05, 0) is 24.7 Å². The van der Waals surface area contributed by atoms with Crippen molar-refractivity contribution in [3.8, 4) is 6.07 Å². The highest BCUT2D eigenvalue weighted by Gasteiger charge is 2.29. The van der Waals surface area contributed by atoms with E-state index in [2.05, 4.69) is 50.5 Å². The van der Waals surface area contributed by atoms with E-state index in [1.807, 2.05) is 6.26 Å². The average Bonchev–Trinajstić information content (AvgIpc) is 3.41.